The molecule has 0 spiro atoms. The molecule has 0 aliphatic carbocycles. The van der Waals surface area contributed by atoms with Crippen LogP contribution in [0.4, 0.5) is 11.4 Å². The summed E-state index contributed by atoms with van der Waals surface area (Å²) in [5.74, 6) is -0.228. The van der Waals surface area contributed by atoms with E-state index in [0.717, 1.165) is 6.42 Å². The average molecular weight is 263 g/mol. The van der Waals surface area contributed by atoms with Gasteiger partial charge in [-0.2, -0.15) is 0 Å². The van der Waals surface area contributed by atoms with E-state index in [9.17, 15) is 9.59 Å². The van der Waals surface area contributed by atoms with Crippen LogP contribution in [-0.2, 0) is 9.59 Å². The fourth-order valence-electron chi connectivity index (χ4n) is 1.56. The number of benzene rings is 1. The minimum Gasteiger partial charge on any atom is -0.326 e. The predicted octanol–water partition coefficient (Wildman–Crippen LogP) is 2.10. The van der Waals surface area contributed by atoms with Crippen LogP contribution in [-0.4, -0.2) is 17.9 Å². The van der Waals surface area contributed by atoms with Gasteiger partial charge >= 0.3 is 0 Å². The van der Waals surface area contributed by atoms with Gasteiger partial charge in [-0.25, -0.2) is 0 Å². The molecule has 5 nitrogen and oxygen atoms in total. The highest BCUT2D eigenvalue weighted by Crippen LogP contribution is 2.14. The first-order chi connectivity index (χ1) is 9.06. The Kier molecular flexibility index (Phi) is 6.02. The van der Waals surface area contributed by atoms with Crippen LogP contribution in [0.15, 0.2) is 24.3 Å². The summed E-state index contributed by atoms with van der Waals surface area (Å²) in [7, 11) is 0. The van der Waals surface area contributed by atoms with Crippen molar-refractivity contribution in [3.05, 3.63) is 24.3 Å². The fourth-order valence-corrected chi connectivity index (χ4v) is 1.56. The fraction of sp³-hybridized carbons (Fsp3) is 0.429. The van der Waals surface area contributed by atoms with E-state index in [1.165, 1.54) is 0 Å². The van der Waals surface area contributed by atoms with Crippen molar-refractivity contribution < 1.29 is 9.59 Å². The van der Waals surface area contributed by atoms with Crippen molar-refractivity contribution in [1.82, 2.24) is 0 Å². The highest BCUT2D eigenvalue weighted by molar-refractivity contribution is 5.95. The quantitative estimate of drug-likeness (QED) is 0.734. The number of nitrogens with one attached hydrogen (secondary N) is 2. The van der Waals surface area contributed by atoms with Gasteiger partial charge in [0.1, 0.15) is 0 Å². The van der Waals surface area contributed by atoms with E-state index >= 15 is 0 Å². The number of hydrogen-bond acceptors (Lipinski definition) is 3. The lowest BCUT2D eigenvalue weighted by atomic mass is 10.1. The lowest BCUT2D eigenvalue weighted by Gasteiger charge is -2.11. The lowest BCUT2D eigenvalue weighted by Crippen LogP contribution is -2.35. The number of carbonyl (C=O) groups excluding carboxylic acids is 2. The molecule has 1 aromatic carbocycles. The van der Waals surface area contributed by atoms with Crippen molar-refractivity contribution in [2.45, 2.75) is 39.2 Å². The highest BCUT2D eigenvalue weighted by atomic mass is 16.2. The van der Waals surface area contributed by atoms with Crippen LogP contribution in [0.25, 0.3) is 0 Å². The topological polar surface area (TPSA) is 84.2 Å². The Hall–Kier alpha value is -1.88. The van der Waals surface area contributed by atoms with E-state index in [0.29, 0.717) is 24.2 Å². The maximum absolute atomic E-state index is 11.7. The van der Waals surface area contributed by atoms with Crippen molar-refractivity contribution in [2.75, 3.05) is 10.6 Å². The maximum atomic E-state index is 11.7. The number of nitrogens with two attached hydrogens (primary N) is 1. The molecule has 0 radical (unpaired) electrons. The zero-order valence-corrected chi connectivity index (χ0v) is 11.4. The van der Waals surface area contributed by atoms with Crippen LogP contribution >= 0.6 is 0 Å². The van der Waals surface area contributed by atoms with Crippen molar-refractivity contribution in [2.24, 2.45) is 5.73 Å². The maximum Gasteiger partial charge on any atom is 0.241 e. The molecule has 0 fully saturated rings. The molecule has 1 atom stereocenters. The van der Waals surface area contributed by atoms with Gasteiger partial charge in [0.05, 0.1) is 6.04 Å². The summed E-state index contributed by atoms with van der Waals surface area (Å²) < 4.78 is 0. The second-order valence-electron chi connectivity index (χ2n) is 4.36. The van der Waals surface area contributed by atoms with Crippen molar-refractivity contribution in [3.8, 4) is 0 Å². The van der Waals surface area contributed by atoms with Gasteiger partial charge in [-0.05, 0) is 30.7 Å². The minimum atomic E-state index is -0.482. The zero-order valence-electron chi connectivity index (χ0n) is 11.4. The molecule has 19 heavy (non-hydrogen) atoms. The van der Waals surface area contributed by atoms with Gasteiger partial charge in [-0.15, -0.1) is 0 Å². The Morgan fingerprint density at radius 1 is 1.11 bits per heavy atom. The summed E-state index contributed by atoms with van der Waals surface area (Å²) in [6, 6.07) is 6.48. The van der Waals surface area contributed by atoms with Crippen molar-refractivity contribution in [3.63, 3.8) is 0 Å². The normalized spacial score (nSPS) is 11.7. The van der Waals surface area contributed by atoms with E-state index < -0.39 is 6.04 Å². The molecule has 0 saturated carbocycles. The van der Waals surface area contributed by atoms with Gasteiger partial charge < -0.3 is 16.4 Å². The summed E-state index contributed by atoms with van der Waals surface area (Å²) in [6.45, 7) is 3.78. The van der Waals surface area contributed by atoms with Gasteiger partial charge in [0.15, 0.2) is 0 Å². The third kappa shape index (κ3) is 5.09. The third-order valence-electron chi connectivity index (χ3n) is 2.69. The number of hydrogen-bond donors (Lipinski definition) is 3. The van der Waals surface area contributed by atoms with Crippen LogP contribution in [0.5, 0.6) is 0 Å². The summed E-state index contributed by atoms with van der Waals surface area (Å²) in [5.41, 5.74) is 7.10. The molecule has 5 heteroatoms. The van der Waals surface area contributed by atoms with Gasteiger partial charge in [0.25, 0.3) is 0 Å². The van der Waals surface area contributed by atoms with E-state index in [-0.39, 0.29) is 11.8 Å². The largest absolute Gasteiger partial charge is 0.326 e. The monoisotopic (exact) mass is 263 g/mol. The first-order valence-corrected chi connectivity index (χ1v) is 6.53. The van der Waals surface area contributed by atoms with Gasteiger partial charge in [0.2, 0.25) is 11.8 Å². The summed E-state index contributed by atoms with van der Waals surface area (Å²) >= 11 is 0. The number of anilines is 2. The number of amides is 2. The van der Waals surface area contributed by atoms with Gasteiger partial charge in [0, 0.05) is 17.8 Å². The van der Waals surface area contributed by atoms with Crippen molar-refractivity contribution >= 4 is 23.2 Å². The molecule has 1 rings (SSSR count). The SMILES string of the molecule is CCCC(N)C(=O)Nc1ccc(NC(=O)CC)cc1. The second-order valence-corrected chi connectivity index (χ2v) is 4.36. The Bertz CT molecular complexity index is 429. The van der Waals surface area contributed by atoms with Crippen LogP contribution in [0.2, 0.25) is 0 Å². The van der Waals surface area contributed by atoms with Gasteiger partial charge in [-0.1, -0.05) is 20.3 Å². The predicted molar refractivity (Wildman–Crippen MR) is 76.9 cm³/mol. The summed E-state index contributed by atoms with van der Waals surface area (Å²) in [4.78, 5) is 22.9. The minimum absolute atomic E-state index is 0.0400. The van der Waals surface area contributed by atoms with E-state index in [1.807, 2.05) is 6.92 Å². The molecule has 0 bridgehead atoms. The molecule has 0 aromatic heterocycles. The summed E-state index contributed by atoms with van der Waals surface area (Å²) in [6.07, 6.45) is 1.97. The van der Waals surface area contributed by atoms with Gasteiger partial charge in [-0.3, -0.25) is 9.59 Å². The molecule has 0 saturated heterocycles. The molecule has 104 valence electrons. The highest BCUT2D eigenvalue weighted by Gasteiger charge is 2.12. The standard InChI is InChI=1S/C14H21N3O2/c1-3-5-12(15)14(19)17-11-8-6-10(7-9-11)16-13(18)4-2/h6-9,12H,3-5,15H2,1-2H3,(H,16,18)(H,17,19). The van der Waals surface area contributed by atoms with Crippen LogP contribution in [0, 0.1) is 0 Å². The molecular weight excluding hydrogens is 242 g/mol. The Labute approximate surface area is 113 Å². The molecule has 0 aliphatic heterocycles. The molecule has 1 aromatic rings. The molecular formula is C14H21N3O2. The molecule has 4 N–H and O–H groups in total. The van der Waals surface area contributed by atoms with Crippen molar-refractivity contribution in [1.29, 1.82) is 0 Å². The third-order valence-corrected chi connectivity index (χ3v) is 2.69. The van der Waals surface area contributed by atoms with E-state index in [2.05, 4.69) is 10.6 Å². The number of rotatable bonds is 6. The zero-order chi connectivity index (χ0) is 14.3. The second kappa shape index (κ2) is 7.53. The van der Waals surface area contributed by atoms with Crippen LogP contribution < -0.4 is 16.4 Å². The van der Waals surface area contributed by atoms with Crippen LogP contribution in [0.1, 0.15) is 33.1 Å². The Morgan fingerprint density at radius 3 is 2.11 bits per heavy atom. The lowest BCUT2D eigenvalue weighted by molar-refractivity contribution is -0.117. The number of carbonyl (C=O) groups is 2. The summed E-state index contributed by atoms with van der Waals surface area (Å²) in [5, 5.41) is 5.48. The molecule has 0 heterocycles. The molecule has 2 amide bonds. The Morgan fingerprint density at radius 2 is 1.63 bits per heavy atom. The first-order valence-electron chi connectivity index (χ1n) is 6.53. The van der Waals surface area contributed by atoms with E-state index in [4.69, 9.17) is 5.73 Å². The smallest absolute Gasteiger partial charge is 0.241 e. The molecule has 1 unspecified atom stereocenters. The van der Waals surface area contributed by atoms with E-state index in [1.54, 1.807) is 31.2 Å². The average Bonchev–Trinajstić information content (AvgIpc) is 2.41. The molecule has 0 aliphatic rings. The van der Waals surface area contributed by atoms with Crippen LogP contribution in [0.3, 0.4) is 0 Å². The first kappa shape index (κ1) is 15.2. The Balaban J connectivity index is 2.57.